The van der Waals surface area contributed by atoms with Crippen molar-refractivity contribution in [2.24, 2.45) is 0 Å². The topological polar surface area (TPSA) is 122 Å². The number of hydrogen-bond donors (Lipinski definition) is 4. The van der Waals surface area contributed by atoms with E-state index in [-0.39, 0.29) is 5.82 Å². The monoisotopic (exact) mass is 297 g/mol. The van der Waals surface area contributed by atoms with Crippen LogP contribution in [0.5, 0.6) is 0 Å². The molecule has 7 nitrogen and oxygen atoms in total. The first-order chi connectivity index (χ1) is 9.45. The first-order valence-corrected chi connectivity index (χ1v) is 7.00. The van der Waals surface area contributed by atoms with Crippen molar-refractivity contribution in [3.63, 3.8) is 0 Å². The highest BCUT2D eigenvalue weighted by atomic mass is 32.1. The second-order valence-electron chi connectivity index (χ2n) is 5.01. The summed E-state index contributed by atoms with van der Waals surface area (Å²) in [6.07, 6.45) is -3.04. The molecule has 0 aliphatic carbocycles. The molecule has 1 aliphatic heterocycles. The van der Waals surface area contributed by atoms with E-state index in [0.717, 1.165) is 4.70 Å². The number of hydrogen-bond acceptors (Lipinski definition) is 8. The van der Waals surface area contributed by atoms with Crippen LogP contribution in [0, 0.1) is 0 Å². The zero-order valence-electron chi connectivity index (χ0n) is 10.7. The largest absolute Gasteiger partial charge is 0.394 e. The molecule has 4 atom stereocenters. The van der Waals surface area contributed by atoms with Crippen molar-refractivity contribution in [2.45, 2.75) is 30.8 Å². The maximum atomic E-state index is 10.4. The van der Waals surface area contributed by atoms with Crippen LogP contribution in [0.2, 0.25) is 0 Å². The molecule has 0 radical (unpaired) electrons. The summed E-state index contributed by atoms with van der Waals surface area (Å²) in [6, 6.07) is 1.80. The lowest BCUT2D eigenvalue weighted by molar-refractivity contribution is -0.0673. The van der Waals surface area contributed by atoms with Gasteiger partial charge in [0.2, 0.25) is 0 Å². The van der Waals surface area contributed by atoms with Gasteiger partial charge in [0.15, 0.2) is 5.82 Å². The normalized spacial score (nSPS) is 33.9. The Bertz CT molecular complexity index is 645. The smallest absolute Gasteiger partial charge is 0.163 e. The van der Waals surface area contributed by atoms with Gasteiger partial charge in [-0.2, -0.15) is 0 Å². The quantitative estimate of drug-likeness (QED) is 0.606. The van der Waals surface area contributed by atoms with Gasteiger partial charge in [-0.3, -0.25) is 0 Å². The van der Waals surface area contributed by atoms with E-state index in [9.17, 15) is 10.2 Å². The fourth-order valence-electron chi connectivity index (χ4n) is 2.41. The molecule has 108 valence electrons. The molecule has 1 fully saturated rings. The standard InChI is InChI=1S/C12H15N3O4S/c1-12(18)8(17)6(4-16)19-9(12)11-14-5-2-3-20-7(5)10(13)15-11/h2-3,6,8-9,16-18H,4H2,1H3,(H2,13,14,15)/t6-,8-,9?,12-/m1/s1. The van der Waals surface area contributed by atoms with E-state index < -0.39 is 30.5 Å². The van der Waals surface area contributed by atoms with Crippen LogP contribution in [0.25, 0.3) is 10.2 Å². The molecule has 0 bridgehead atoms. The van der Waals surface area contributed by atoms with Gasteiger partial charge in [-0.25, -0.2) is 9.97 Å². The van der Waals surface area contributed by atoms with Crippen molar-refractivity contribution >= 4 is 27.4 Å². The third kappa shape index (κ3) is 1.88. The fraction of sp³-hybridized carbons (Fsp3) is 0.500. The lowest BCUT2D eigenvalue weighted by Crippen LogP contribution is -2.43. The minimum atomic E-state index is -1.59. The van der Waals surface area contributed by atoms with Crippen molar-refractivity contribution in [3.8, 4) is 0 Å². The molecule has 0 amide bonds. The Morgan fingerprint density at radius 2 is 2.25 bits per heavy atom. The molecule has 20 heavy (non-hydrogen) atoms. The number of nitrogens with zero attached hydrogens (tertiary/aromatic N) is 2. The average Bonchev–Trinajstić information content (AvgIpc) is 2.95. The third-order valence-corrected chi connectivity index (χ3v) is 4.48. The molecular formula is C12H15N3O4S. The van der Waals surface area contributed by atoms with E-state index in [1.807, 2.05) is 5.38 Å². The van der Waals surface area contributed by atoms with Crippen LogP contribution in [0.1, 0.15) is 18.9 Å². The highest BCUT2D eigenvalue weighted by Crippen LogP contribution is 2.41. The molecule has 3 rings (SSSR count). The number of fused-ring (bicyclic) bond motifs is 1. The lowest BCUT2D eigenvalue weighted by Gasteiger charge is -2.25. The Morgan fingerprint density at radius 3 is 2.90 bits per heavy atom. The average molecular weight is 297 g/mol. The molecule has 0 aromatic carbocycles. The van der Waals surface area contributed by atoms with Crippen LogP contribution < -0.4 is 5.73 Å². The van der Waals surface area contributed by atoms with Gasteiger partial charge in [0.05, 0.1) is 16.8 Å². The summed E-state index contributed by atoms with van der Waals surface area (Å²) in [5.41, 5.74) is 4.94. The van der Waals surface area contributed by atoms with Crippen LogP contribution in [0.15, 0.2) is 11.4 Å². The van der Waals surface area contributed by atoms with Crippen molar-refractivity contribution in [2.75, 3.05) is 12.3 Å². The van der Waals surface area contributed by atoms with Gasteiger partial charge in [0, 0.05) is 0 Å². The number of nitrogens with two attached hydrogens (primary N) is 1. The molecule has 2 aromatic heterocycles. The van der Waals surface area contributed by atoms with Gasteiger partial charge in [-0.05, 0) is 18.4 Å². The summed E-state index contributed by atoms with van der Waals surface area (Å²) in [6.45, 7) is 1.03. The number of aliphatic hydroxyl groups excluding tert-OH is 2. The molecule has 8 heteroatoms. The molecule has 3 heterocycles. The summed E-state index contributed by atoms with van der Waals surface area (Å²) in [5.74, 6) is 0.509. The molecule has 5 N–H and O–H groups in total. The highest BCUT2D eigenvalue weighted by molar-refractivity contribution is 7.17. The van der Waals surface area contributed by atoms with E-state index in [1.54, 1.807) is 6.07 Å². The van der Waals surface area contributed by atoms with Gasteiger partial charge in [-0.1, -0.05) is 0 Å². The number of ether oxygens (including phenoxy) is 1. The molecule has 1 aliphatic rings. The Labute approximate surface area is 118 Å². The van der Waals surface area contributed by atoms with Crippen LogP contribution in [-0.4, -0.2) is 49.7 Å². The molecule has 0 spiro atoms. The van der Waals surface area contributed by atoms with E-state index in [4.69, 9.17) is 15.6 Å². The Morgan fingerprint density at radius 1 is 1.50 bits per heavy atom. The van der Waals surface area contributed by atoms with Crippen LogP contribution in [0.4, 0.5) is 5.82 Å². The van der Waals surface area contributed by atoms with Crippen molar-refractivity contribution in [1.82, 2.24) is 9.97 Å². The Hall–Kier alpha value is -1.32. The summed E-state index contributed by atoms with van der Waals surface area (Å²) in [7, 11) is 0. The lowest BCUT2D eigenvalue weighted by atomic mass is 9.92. The van der Waals surface area contributed by atoms with Gasteiger partial charge < -0.3 is 25.8 Å². The first-order valence-electron chi connectivity index (χ1n) is 6.12. The number of thiophene rings is 1. The maximum absolute atomic E-state index is 10.4. The van der Waals surface area contributed by atoms with Crippen molar-refractivity contribution in [1.29, 1.82) is 0 Å². The number of nitrogen functional groups attached to an aromatic ring is 1. The highest BCUT2D eigenvalue weighted by Gasteiger charge is 2.53. The van der Waals surface area contributed by atoms with E-state index in [0.29, 0.717) is 11.3 Å². The number of anilines is 1. The van der Waals surface area contributed by atoms with Gasteiger partial charge in [-0.15, -0.1) is 11.3 Å². The van der Waals surface area contributed by atoms with Gasteiger partial charge in [0.25, 0.3) is 0 Å². The summed E-state index contributed by atoms with van der Waals surface area (Å²) < 4.78 is 6.25. The predicted octanol–water partition coefficient (Wildman–Crippen LogP) is -0.182. The molecule has 2 aromatic rings. The van der Waals surface area contributed by atoms with E-state index in [2.05, 4.69) is 9.97 Å². The minimum absolute atomic E-state index is 0.202. The minimum Gasteiger partial charge on any atom is -0.394 e. The summed E-state index contributed by atoms with van der Waals surface area (Å²) in [4.78, 5) is 8.47. The van der Waals surface area contributed by atoms with Gasteiger partial charge in [0.1, 0.15) is 29.7 Å². The number of aliphatic hydroxyl groups is 3. The summed E-state index contributed by atoms with van der Waals surface area (Å²) in [5, 5.41) is 31.4. The molecule has 0 saturated carbocycles. The second-order valence-corrected chi connectivity index (χ2v) is 5.93. The second kappa shape index (κ2) is 4.61. The third-order valence-electron chi connectivity index (χ3n) is 3.55. The molecule has 1 saturated heterocycles. The van der Waals surface area contributed by atoms with Crippen LogP contribution in [-0.2, 0) is 4.74 Å². The molecular weight excluding hydrogens is 282 g/mol. The zero-order valence-corrected chi connectivity index (χ0v) is 11.5. The van der Waals surface area contributed by atoms with Crippen molar-refractivity contribution < 1.29 is 20.1 Å². The Kier molecular flexibility index (Phi) is 3.14. The predicted molar refractivity (Wildman–Crippen MR) is 73.2 cm³/mol. The van der Waals surface area contributed by atoms with Gasteiger partial charge >= 0.3 is 0 Å². The zero-order chi connectivity index (χ0) is 14.5. The summed E-state index contributed by atoms with van der Waals surface area (Å²) >= 11 is 1.43. The number of rotatable bonds is 2. The van der Waals surface area contributed by atoms with Crippen molar-refractivity contribution in [3.05, 3.63) is 17.3 Å². The van der Waals surface area contributed by atoms with Crippen LogP contribution >= 0.6 is 11.3 Å². The Balaban J connectivity index is 2.06. The van der Waals surface area contributed by atoms with E-state index in [1.165, 1.54) is 18.3 Å². The number of aromatic nitrogens is 2. The first kappa shape index (κ1) is 13.7. The fourth-order valence-corrected chi connectivity index (χ4v) is 3.14. The van der Waals surface area contributed by atoms with E-state index >= 15 is 0 Å². The SMILES string of the molecule is C[C@]1(O)C(c2nc(N)c3sccc3n2)O[C@H](CO)[C@H]1O. The maximum Gasteiger partial charge on any atom is 0.163 e. The van der Waals surface area contributed by atoms with Crippen LogP contribution in [0.3, 0.4) is 0 Å². The molecule has 1 unspecified atom stereocenters.